The lowest BCUT2D eigenvalue weighted by Gasteiger charge is -2.26. The highest BCUT2D eigenvalue weighted by Crippen LogP contribution is 2.29. The summed E-state index contributed by atoms with van der Waals surface area (Å²) in [5.41, 5.74) is 1.80. The Morgan fingerprint density at radius 3 is 2.26 bits per heavy atom. The number of furan rings is 1. The van der Waals surface area contributed by atoms with E-state index >= 15 is 0 Å². The summed E-state index contributed by atoms with van der Waals surface area (Å²) in [4.78, 5) is 42.0. The minimum atomic E-state index is -0.746. The number of nitrogens with zero attached hydrogens (tertiary/aromatic N) is 3. The number of anilines is 1. The Hall–Kier alpha value is -4.44. The van der Waals surface area contributed by atoms with Gasteiger partial charge in [-0.1, -0.05) is 63.2 Å². The zero-order valence-electron chi connectivity index (χ0n) is 25.4. The second kappa shape index (κ2) is 12.0. The quantitative estimate of drug-likeness (QED) is 0.254. The van der Waals surface area contributed by atoms with E-state index in [1.807, 2.05) is 77.1 Å². The molecule has 0 bridgehead atoms. The third kappa shape index (κ3) is 7.14. The molecular weight excluding hydrogens is 546 g/mol. The molecule has 3 heterocycles. The number of carbonyl (C=O) groups is 3. The molecule has 1 aliphatic heterocycles. The zero-order valence-corrected chi connectivity index (χ0v) is 25.4. The average molecular weight is 586 g/mol. The van der Waals surface area contributed by atoms with Crippen LogP contribution in [0.5, 0.6) is 0 Å². The molecule has 0 radical (unpaired) electrons. The van der Waals surface area contributed by atoms with E-state index in [1.165, 1.54) is 18.9 Å². The molecule has 1 fully saturated rings. The number of carbonyl (C=O) groups excluding carboxylic acids is 3. The fourth-order valence-corrected chi connectivity index (χ4v) is 4.99. The van der Waals surface area contributed by atoms with Crippen LogP contribution in [-0.2, 0) is 16.8 Å². The van der Waals surface area contributed by atoms with Gasteiger partial charge in [-0.2, -0.15) is 4.68 Å². The van der Waals surface area contributed by atoms with Gasteiger partial charge < -0.3 is 19.8 Å². The molecule has 0 saturated carbocycles. The predicted octanol–water partition coefficient (Wildman–Crippen LogP) is 6.17. The molecule has 2 amide bonds. The largest absolute Gasteiger partial charge is 0.447 e. The number of benzene rings is 2. The van der Waals surface area contributed by atoms with Crippen LogP contribution in [0.15, 0.2) is 65.1 Å². The smallest absolute Gasteiger partial charge is 0.435 e. The molecule has 0 atom stereocenters. The first-order chi connectivity index (χ1) is 20.4. The maximum atomic E-state index is 13.3. The summed E-state index contributed by atoms with van der Waals surface area (Å²) in [5.74, 6) is -0.925. The third-order valence-corrected chi connectivity index (χ3v) is 7.36. The molecule has 1 aliphatic rings. The van der Waals surface area contributed by atoms with E-state index in [9.17, 15) is 14.4 Å². The summed E-state index contributed by atoms with van der Waals surface area (Å²) in [7, 11) is 0. The highest BCUT2D eigenvalue weighted by Gasteiger charge is 2.29. The Morgan fingerprint density at radius 1 is 0.930 bits per heavy atom. The van der Waals surface area contributed by atoms with Crippen molar-refractivity contribution in [2.45, 2.75) is 59.5 Å². The summed E-state index contributed by atoms with van der Waals surface area (Å²) in [5, 5.41) is 10.0. The van der Waals surface area contributed by atoms with Crippen LogP contribution in [0, 0.1) is 5.41 Å². The minimum absolute atomic E-state index is 0.00946. The standard InChI is InChI=1S/C33H39N5O5/c1-32(2,3)21-42-31(41)38-25-19-26(30(40)35-33(4,5)24-11-7-6-8-12-24)43-27(25)28(36-38)34-29(39)23-15-13-22(14-16-23)20-37-17-9-10-18-37/h6-8,11-16,19H,9-10,17-18,20-21H2,1-5H3,(H,35,40)(H,34,36,39). The number of nitrogens with one attached hydrogen (secondary N) is 2. The van der Waals surface area contributed by atoms with Crippen LogP contribution in [0.1, 0.15) is 79.5 Å². The molecule has 10 nitrogen and oxygen atoms in total. The van der Waals surface area contributed by atoms with Gasteiger partial charge in [-0.05, 0) is 68.5 Å². The molecule has 2 aromatic heterocycles. The summed E-state index contributed by atoms with van der Waals surface area (Å²) < 4.78 is 12.4. The first-order valence-electron chi connectivity index (χ1n) is 14.6. The molecule has 0 unspecified atom stereocenters. The Kier molecular flexibility index (Phi) is 8.41. The molecule has 0 aliphatic carbocycles. The van der Waals surface area contributed by atoms with Gasteiger partial charge in [-0.15, -0.1) is 5.10 Å². The van der Waals surface area contributed by atoms with Gasteiger partial charge >= 0.3 is 6.09 Å². The SMILES string of the molecule is CC(C)(C)COC(=O)n1nc(NC(=O)c2ccc(CN3CCCC3)cc2)c2oc(C(=O)NC(C)(C)c3ccccc3)cc21. The Morgan fingerprint density at radius 2 is 1.60 bits per heavy atom. The van der Waals surface area contributed by atoms with Crippen molar-refractivity contribution in [2.75, 3.05) is 25.0 Å². The van der Waals surface area contributed by atoms with E-state index < -0.39 is 23.4 Å². The molecule has 2 aromatic carbocycles. The number of amides is 2. The fraction of sp³-hybridized carbons (Fsp3) is 0.394. The Bertz CT molecular complexity index is 1610. The molecule has 4 aromatic rings. The van der Waals surface area contributed by atoms with E-state index in [0.29, 0.717) is 5.56 Å². The minimum Gasteiger partial charge on any atom is -0.447 e. The van der Waals surface area contributed by atoms with Gasteiger partial charge in [0.05, 0.1) is 12.1 Å². The normalized spacial score (nSPS) is 14.2. The van der Waals surface area contributed by atoms with Gasteiger partial charge in [0.2, 0.25) is 0 Å². The van der Waals surface area contributed by atoms with Crippen molar-refractivity contribution >= 4 is 34.8 Å². The summed E-state index contributed by atoms with van der Waals surface area (Å²) >= 11 is 0. The van der Waals surface area contributed by atoms with Crippen molar-refractivity contribution in [1.29, 1.82) is 0 Å². The third-order valence-electron chi connectivity index (χ3n) is 7.36. The number of likely N-dealkylation sites (tertiary alicyclic amines) is 1. The lowest BCUT2D eigenvalue weighted by molar-refractivity contribution is 0.0885. The monoisotopic (exact) mass is 585 g/mol. The second-order valence-corrected chi connectivity index (χ2v) is 12.8. The van der Waals surface area contributed by atoms with Crippen LogP contribution in [0.25, 0.3) is 11.1 Å². The maximum Gasteiger partial charge on any atom is 0.435 e. The number of rotatable bonds is 8. The van der Waals surface area contributed by atoms with Crippen molar-refractivity contribution in [1.82, 2.24) is 20.0 Å². The number of ether oxygens (including phenoxy) is 1. The number of fused-ring (bicyclic) bond motifs is 1. The maximum absolute atomic E-state index is 13.3. The van der Waals surface area contributed by atoms with Gasteiger partial charge in [0.25, 0.3) is 11.8 Å². The van der Waals surface area contributed by atoms with E-state index in [2.05, 4.69) is 20.6 Å². The van der Waals surface area contributed by atoms with E-state index in [4.69, 9.17) is 9.15 Å². The van der Waals surface area contributed by atoms with Crippen LogP contribution in [0.3, 0.4) is 0 Å². The molecule has 1 saturated heterocycles. The molecule has 2 N–H and O–H groups in total. The van der Waals surface area contributed by atoms with Crippen LogP contribution in [0.2, 0.25) is 0 Å². The molecular formula is C33H39N5O5. The Balaban J connectivity index is 1.40. The van der Waals surface area contributed by atoms with Crippen molar-refractivity contribution in [3.05, 3.63) is 83.1 Å². The van der Waals surface area contributed by atoms with Crippen LogP contribution in [-0.4, -0.2) is 52.3 Å². The summed E-state index contributed by atoms with van der Waals surface area (Å²) in [6.45, 7) is 12.8. The number of aromatic nitrogens is 2. The van der Waals surface area contributed by atoms with Crippen molar-refractivity contribution in [3.8, 4) is 0 Å². The molecule has 43 heavy (non-hydrogen) atoms. The van der Waals surface area contributed by atoms with Gasteiger partial charge in [-0.3, -0.25) is 14.5 Å². The lowest BCUT2D eigenvalue weighted by atomic mass is 9.94. The van der Waals surface area contributed by atoms with Gasteiger partial charge in [0.15, 0.2) is 17.2 Å². The van der Waals surface area contributed by atoms with Crippen LogP contribution < -0.4 is 10.6 Å². The molecule has 10 heteroatoms. The summed E-state index contributed by atoms with van der Waals surface area (Å²) in [6.07, 6.45) is 1.68. The highest BCUT2D eigenvalue weighted by molar-refractivity contribution is 6.08. The van der Waals surface area contributed by atoms with Crippen molar-refractivity contribution < 1.29 is 23.5 Å². The average Bonchev–Trinajstić information content (AvgIpc) is 3.71. The van der Waals surface area contributed by atoms with Crippen LogP contribution in [0.4, 0.5) is 10.6 Å². The number of hydrogen-bond acceptors (Lipinski definition) is 7. The lowest BCUT2D eigenvalue weighted by Crippen LogP contribution is -2.40. The van der Waals surface area contributed by atoms with Gasteiger partial charge in [0.1, 0.15) is 5.52 Å². The van der Waals surface area contributed by atoms with Gasteiger partial charge in [-0.25, -0.2) is 4.79 Å². The number of hydrogen-bond donors (Lipinski definition) is 2. The topological polar surface area (TPSA) is 119 Å². The van der Waals surface area contributed by atoms with E-state index in [0.717, 1.165) is 35.4 Å². The predicted molar refractivity (Wildman–Crippen MR) is 164 cm³/mol. The van der Waals surface area contributed by atoms with Crippen LogP contribution >= 0.6 is 0 Å². The summed E-state index contributed by atoms with van der Waals surface area (Å²) in [6, 6.07) is 18.4. The first-order valence-corrected chi connectivity index (χ1v) is 14.6. The zero-order chi connectivity index (χ0) is 30.8. The second-order valence-electron chi connectivity index (χ2n) is 12.8. The fourth-order valence-electron chi connectivity index (χ4n) is 4.99. The molecule has 226 valence electrons. The van der Waals surface area contributed by atoms with E-state index in [1.54, 1.807) is 12.1 Å². The first kappa shape index (κ1) is 30.0. The van der Waals surface area contributed by atoms with Crippen molar-refractivity contribution in [3.63, 3.8) is 0 Å². The van der Waals surface area contributed by atoms with E-state index in [-0.39, 0.29) is 34.7 Å². The Labute approximate surface area is 251 Å². The van der Waals surface area contributed by atoms with Crippen molar-refractivity contribution in [2.24, 2.45) is 5.41 Å². The highest BCUT2D eigenvalue weighted by atomic mass is 16.6. The molecule has 0 spiro atoms. The molecule has 5 rings (SSSR count). The van der Waals surface area contributed by atoms with Gasteiger partial charge in [0, 0.05) is 18.2 Å².